The van der Waals surface area contributed by atoms with E-state index in [1.807, 2.05) is 30.8 Å². The first-order chi connectivity index (χ1) is 6.27. The van der Waals surface area contributed by atoms with Crippen molar-refractivity contribution in [3.63, 3.8) is 0 Å². The van der Waals surface area contributed by atoms with Gasteiger partial charge in [0.05, 0.1) is 0 Å². The average Bonchev–Trinajstić information content (AvgIpc) is 2.00. The van der Waals surface area contributed by atoms with E-state index in [0.29, 0.717) is 0 Å². The van der Waals surface area contributed by atoms with E-state index in [1.54, 1.807) is 5.92 Å². The molecule has 0 amide bonds. The van der Waals surface area contributed by atoms with E-state index in [-0.39, 0.29) is 0 Å². The number of terminal acetylenes is 1. The summed E-state index contributed by atoms with van der Waals surface area (Å²) < 4.78 is 47.0. The van der Waals surface area contributed by atoms with Crippen LogP contribution >= 0.6 is 7.83 Å². The van der Waals surface area contributed by atoms with E-state index >= 15 is 0 Å². The molecule has 0 saturated heterocycles. The molecule has 0 spiro atoms. The van der Waals surface area contributed by atoms with Gasteiger partial charge in [-0.1, -0.05) is 10.4 Å². The van der Waals surface area contributed by atoms with Crippen molar-refractivity contribution in [3.8, 4) is 12.3 Å². The van der Waals surface area contributed by atoms with Crippen molar-refractivity contribution in [1.29, 1.82) is 0 Å². The van der Waals surface area contributed by atoms with Crippen LogP contribution in [-0.2, 0) is 19.1 Å². The van der Waals surface area contributed by atoms with Gasteiger partial charge in [0, 0.05) is 0 Å². The molecule has 0 aromatic carbocycles. The third-order valence-corrected chi connectivity index (χ3v) is 2.75. The Hall–Kier alpha value is 0.745. The summed E-state index contributed by atoms with van der Waals surface area (Å²) in [6, 6.07) is 0. The first kappa shape index (κ1) is 17.1. The molecule has 6 nitrogen and oxygen atoms in total. The van der Waals surface area contributed by atoms with Gasteiger partial charge in [0.2, 0.25) is 0 Å². The van der Waals surface area contributed by atoms with Gasteiger partial charge in [-0.05, 0) is 0 Å². The van der Waals surface area contributed by atoms with Crippen LogP contribution in [0.3, 0.4) is 0 Å². The molecule has 0 fully saturated rings. The summed E-state index contributed by atoms with van der Waals surface area (Å²) in [7, 11) is -9.94. The number of hydrogen-bond acceptors (Lipinski definition) is 4. The summed E-state index contributed by atoms with van der Waals surface area (Å²) in [5.41, 5.74) is 0. The third kappa shape index (κ3) is 12.7. The zero-order chi connectivity index (χ0) is 11.8. The Balaban J connectivity index is 0. The van der Waals surface area contributed by atoms with Crippen LogP contribution in [0.25, 0.3) is 0 Å². The predicted octanol–water partition coefficient (Wildman–Crippen LogP) is -1.22. The van der Waals surface area contributed by atoms with Crippen molar-refractivity contribution in [2.45, 2.75) is 0 Å². The molecule has 0 radical (unpaired) electrons. The summed E-state index contributed by atoms with van der Waals surface area (Å²) in [6.45, 7) is -0.644. The van der Waals surface area contributed by atoms with Crippen LogP contribution in [0.4, 0.5) is 4.20 Å². The monoisotopic (exact) mass is 231 g/mol. The molecule has 0 aromatic heterocycles. The van der Waals surface area contributed by atoms with Crippen LogP contribution in [-0.4, -0.2) is 50.7 Å². The molecule has 0 saturated carbocycles. The standard InChI is InChI=1S/C3H5FNO5PS.2Li/c1-2-3-10-12(8,9)5-11(4,6)7;;/h1H,3H2,(H2,5,6,7);;. The van der Waals surface area contributed by atoms with Crippen LogP contribution in [0.1, 0.15) is 0 Å². The third-order valence-electron chi connectivity index (χ3n) is 0.522. The fourth-order valence-electron chi connectivity index (χ4n) is 0.276. The molecule has 2 N–H and O–H groups in total. The fraction of sp³-hybridized carbons (Fsp3) is 0.333. The zero-order valence-electron chi connectivity index (χ0n) is 7.60. The van der Waals surface area contributed by atoms with E-state index in [4.69, 9.17) is 4.89 Å². The van der Waals surface area contributed by atoms with Crippen LogP contribution in [0.2, 0.25) is 0 Å². The molecule has 0 aliphatic heterocycles. The maximum atomic E-state index is 11.8. The molecular formula is C3H5FLi2NO5PS. The van der Waals surface area contributed by atoms with Crippen LogP contribution < -0.4 is 4.49 Å². The SMILES string of the molecule is C#CCOS(=O)(=O)NP(=O)(O)F.[Li][Li]. The van der Waals surface area contributed by atoms with E-state index in [1.165, 1.54) is 0 Å². The Labute approximate surface area is 98.3 Å². The normalized spacial score (nSPS) is 14.6. The second-order valence-electron chi connectivity index (χ2n) is 1.51. The van der Waals surface area contributed by atoms with E-state index in [9.17, 15) is 17.2 Å². The summed E-state index contributed by atoms with van der Waals surface area (Å²) >= 11 is 4.00. The van der Waals surface area contributed by atoms with Gasteiger partial charge in [0.1, 0.15) is 6.61 Å². The second-order valence-corrected chi connectivity index (χ2v) is 4.39. The Bertz CT molecular complexity index is 333. The van der Waals surface area contributed by atoms with Crippen molar-refractivity contribution in [2.24, 2.45) is 0 Å². The van der Waals surface area contributed by atoms with Crippen molar-refractivity contribution in [1.82, 2.24) is 4.49 Å². The van der Waals surface area contributed by atoms with Crippen molar-refractivity contribution in [2.75, 3.05) is 6.61 Å². The Morgan fingerprint density at radius 1 is 1.64 bits per heavy atom. The Morgan fingerprint density at radius 3 is 2.36 bits per heavy atom. The minimum absolute atomic E-state index is 0.644. The number of halogens is 1. The summed E-state index contributed by atoms with van der Waals surface area (Å²) in [4.78, 5) is 7.92. The Kier molecular flexibility index (Phi) is 9.75. The predicted molar refractivity (Wildman–Crippen MR) is 49.3 cm³/mol. The van der Waals surface area contributed by atoms with Crippen LogP contribution in [0.5, 0.6) is 0 Å². The van der Waals surface area contributed by atoms with Crippen molar-refractivity contribution in [3.05, 3.63) is 0 Å². The molecule has 11 heteroatoms. The van der Waals surface area contributed by atoms with Gasteiger partial charge in [-0.3, -0.25) is 0 Å². The summed E-state index contributed by atoms with van der Waals surface area (Å²) in [6.07, 6.45) is 4.61. The molecule has 0 aliphatic rings. The topological polar surface area (TPSA) is 92.7 Å². The van der Waals surface area contributed by atoms with Gasteiger partial charge < -0.3 is 4.89 Å². The first-order valence-corrected chi connectivity index (χ1v) is 6.37. The second kappa shape index (κ2) is 7.96. The van der Waals surface area contributed by atoms with Gasteiger partial charge >= 0.3 is 48.9 Å². The Morgan fingerprint density at radius 2 is 2.07 bits per heavy atom. The molecule has 72 valence electrons. The van der Waals surface area contributed by atoms with Gasteiger partial charge in [0.15, 0.2) is 0 Å². The molecule has 1 atom stereocenters. The average molecular weight is 231 g/mol. The fourth-order valence-corrected chi connectivity index (χ4v) is 1.81. The van der Waals surface area contributed by atoms with Crippen molar-refractivity contribution >= 4 is 48.9 Å². The number of rotatable bonds is 4. The zero-order valence-corrected chi connectivity index (χ0v) is 9.31. The summed E-state index contributed by atoms with van der Waals surface area (Å²) in [5.74, 6) is 1.77. The van der Waals surface area contributed by atoms with Gasteiger partial charge in [-0.2, -0.15) is 8.42 Å². The molecule has 14 heavy (non-hydrogen) atoms. The van der Waals surface area contributed by atoms with Gasteiger partial charge in [-0.25, -0.2) is 8.75 Å². The van der Waals surface area contributed by atoms with Gasteiger partial charge in [0.25, 0.3) is 0 Å². The number of hydrogen-bond donors (Lipinski definition) is 2. The molecular weight excluding hydrogens is 226 g/mol. The van der Waals surface area contributed by atoms with E-state index < -0.39 is 24.7 Å². The van der Waals surface area contributed by atoms with Crippen molar-refractivity contribution < 1.29 is 26.3 Å². The van der Waals surface area contributed by atoms with E-state index in [2.05, 4.69) is 10.6 Å². The molecule has 0 rings (SSSR count). The number of nitrogens with one attached hydrogen (secondary N) is 1. The molecule has 0 heterocycles. The van der Waals surface area contributed by atoms with Crippen LogP contribution in [0, 0.1) is 12.3 Å². The first-order valence-electron chi connectivity index (χ1n) is 3.41. The molecule has 0 bridgehead atoms. The van der Waals surface area contributed by atoms with E-state index in [0.717, 1.165) is 4.49 Å². The maximum absolute atomic E-state index is 11.8. The molecule has 0 aliphatic carbocycles. The molecule has 0 aromatic rings. The molecule has 1 unspecified atom stereocenters. The van der Waals surface area contributed by atoms with Gasteiger partial charge in [-0.15, -0.1) is 10.6 Å². The summed E-state index contributed by atoms with van der Waals surface area (Å²) in [5, 5.41) is 0. The quantitative estimate of drug-likeness (QED) is 0.359. The minimum atomic E-state index is -5.36. The van der Waals surface area contributed by atoms with Crippen LogP contribution in [0.15, 0.2) is 0 Å².